The predicted molar refractivity (Wildman–Crippen MR) is 119 cm³/mol. The van der Waals surface area contributed by atoms with E-state index in [4.69, 9.17) is 15.2 Å². The van der Waals surface area contributed by atoms with Crippen molar-refractivity contribution < 1.29 is 27.8 Å². The van der Waals surface area contributed by atoms with Crippen molar-refractivity contribution in [1.82, 2.24) is 15.0 Å². The van der Waals surface area contributed by atoms with Crippen LogP contribution in [0, 0.1) is 24.5 Å². The Bertz CT molecular complexity index is 997. The zero-order valence-corrected chi connectivity index (χ0v) is 19.2. The molecule has 1 aromatic heterocycles. The molecule has 0 radical (unpaired) electrons. The molecule has 0 saturated carbocycles. The summed E-state index contributed by atoms with van der Waals surface area (Å²) < 4.78 is 42.9. The average molecular weight is 484 g/mol. The lowest BCUT2D eigenvalue weighted by molar-refractivity contribution is 0.0152. The first kappa shape index (κ1) is 24.8. The molecule has 0 spiro atoms. The third-order valence-corrected chi connectivity index (χ3v) is 5.88. The van der Waals surface area contributed by atoms with E-state index >= 15 is 0 Å². The van der Waals surface area contributed by atoms with E-state index in [9.17, 15) is 18.4 Å². The van der Waals surface area contributed by atoms with E-state index in [1.54, 1.807) is 0 Å². The van der Waals surface area contributed by atoms with E-state index in [0.29, 0.717) is 13.2 Å². The Morgan fingerprint density at radius 3 is 2.88 bits per heavy atom. The molecule has 2 atom stereocenters. The van der Waals surface area contributed by atoms with E-state index in [2.05, 4.69) is 20.3 Å². The van der Waals surface area contributed by atoms with Gasteiger partial charge < -0.3 is 25.8 Å². The molecule has 0 aliphatic carbocycles. The standard InChI is InChI=1S/C21H27F2N5O4S/c1-11(7-14-9-25-5-6-31-14)8-26-21(30)27-20-15(18(24)29)19(28-33-20)32-10-13-4-3-12(2)16(22)17(13)23/h3-4,11,14,25H,5-10H2,1-2H3,(H2,24,29)(H2,26,27,30). The fraction of sp³-hybridized carbons (Fsp3) is 0.476. The number of carbonyl (C=O) groups is 2. The number of nitrogens with zero attached hydrogens (tertiary/aromatic N) is 1. The summed E-state index contributed by atoms with van der Waals surface area (Å²) in [6.45, 7) is 5.76. The molecule has 1 aliphatic heterocycles. The van der Waals surface area contributed by atoms with Crippen molar-refractivity contribution in [2.75, 3.05) is 31.6 Å². The highest BCUT2D eigenvalue weighted by Gasteiger charge is 2.23. The molecule has 3 amide bonds. The normalized spacial score (nSPS) is 16.8. The van der Waals surface area contributed by atoms with Gasteiger partial charge in [0.1, 0.15) is 17.2 Å². The summed E-state index contributed by atoms with van der Waals surface area (Å²) in [5.41, 5.74) is 5.41. The lowest BCUT2D eigenvalue weighted by Crippen LogP contribution is -2.41. The highest BCUT2D eigenvalue weighted by Crippen LogP contribution is 2.31. The number of benzene rings is 1. The molecule has 0 bridgehead atoms. The van der Waals surface area contributed by atoms with Gasteiger partial charge in [0, 0.05) is 25.2 Å². The molecular formula is C21H27F2N5O4S. The lowest BCUT2D eigenvalue weighted by atomic mass is 10.0. The Balaban J connectivity index is 1.57. The minimum Gasteiger partial charge on any atom is -0.471 e. The van der Waals surface area contributed by atoms with Crippen LogP contribution >= 0.6 is 11.5 Å². The van der Waals surface area contributed by atoms with Gasteiger partial charge in [0.15, 0.2) is 11.6 Å². The number of nitrogens with two attached hydrogens (primary N) is 1. The second kappa shape index (κ2) is 11.3. The monoisotopic (exact) mass is 483 g/mol. The number of urea groups is 1. The number of hydrogen-bond acceptors (Lipinski definition) is 7. The van der Waals surface area contributed by atoms with Crippen LogP contribution in [0.2, 0.25) is 0 Å². The van der Waals surface area contributed by atoms with Crippen molar-refractivity contribution in [1.29, 1.82) is 0 Å². The minimum atomic E-state index is -1.04. The second-order valence-electron chi connectivity index (χ2n) is 7.89. The van der Waals surface area contributed by atoms with Crippen molar-refractivity contribution in [3.63, 3.8) is 0 Å². The number of primary amides is 1. The van der Waals surface area contributed by atoms with Crippen molar-refractivity contribution in [3.8, 4) is 5.88 Å². The van der Waals surface area contributed by atoms with Gasteiger partial charge in [0.2, 0.25) is 5.88 Å². The first-order valence-corrected chi connectivity index (χ1v) is 11.3. The van der Waals surface area contributed by atoms with Crippen LogP contribution in [-0.2, 0) is 11.3 Å². The Morgan fingerprint density at radius 1 is 1.39 bits per heavy atom. The Morgan fingerprint density at radius 2 is 2.18 bits per heavy atom. The van der Waals surface area contributed by atoms with Crippen LogP contribution in [0.15, 0.2) is 12.1 Å². The number of morpholine rings is 1. The highest BCUT2D eigenvalue weighted by atomic mass is 32.1. The lowest BCUT2D eigenvalue weighted by Gasteiger charge is -2.26. The van der Waals surface area contributed by atoms with Crippen LogP contribution in [0.4, 0.5) is 18.6 Å². The molecule has 2 unspecified atom stereocenters. The molecular weight excluding hydrogens is 456 g/mol. The number of amides is 3. The molecule has 180 valence electrons. The topological polar surface area (TPSA) is 128 Å². The second-order valence-corrected chi connectivity index (χ2v) is 8.66. The van der Waals surface area contributed by atoms with Crippen molar-refractivity contribution in [3.05, 3.63) is 40.5 Å². The molecule has 9 nitrogen and oxygen atoms in total. The molecule has 33 heavy (non-hydrogen) atoms. The number of aromatic nitrogens is 1. The van der Waals surface area contributed by atoms with Crippen molar-refractivity contribution in [2.45, 2.75) is 33.0 Å². The van der Waals surface area contributed by atoms with Gasteiger partial charge in [-0.2, -0.15) is 4.37 Å². The first-order chi connectivity index (χ1) is 15.8. The van der Waals surface area contributed by atoms with Crippen LogP contribution in [0.3, 0.4) is 0 Å². The summed E-state index contributed by atoms with van der Waals surface area (Å²) in [7, 11) is 0. The molecule has 1 aliphatic rings. The maximum absolute atomic E-state index is 14.1. The summed E-state index contributed by atoms with van der Waals surface area (Å²) in [4.78, 5) is 24.2. The maximum Gasteiger partial charge on any atom is 0.319 e. The fourth-order valence-corrected chi connectivity index (χ4v) is 4.07. The van der Waals surface area contributed by atoms with Crippen LogP contribution in [0.5, 0.6) is 5.88 Å². The molecule has 1 saturated heterocycles. The number of carbonyl (C=O) groups excluding carboxylic acids is 2. The molecule has 2 aromatic rings. The van der Waals surface area contributed by atoms with Crippen LogP contribution < -0.4 is 26.4 Å². The SMILES string of the molecule is Cc1ccc(COc2nsc(NC(=O)NCC(C)CC3CNCCO3)c2C(N)=O)c(F)c1F. The van der Waals surface area contributed by atoms with Crippen molar-refractivity contribution in [2.24, 2.45) is 11.7 Å². The Hall–Kier alpha value is -2.83. The molecule has 3 rings (SSSR count). The third kappa shape index (κ3) is 6.59. The summed E-state index contributed by atoms with van der Waals surface area (Å²) in [6.07, 6.45) is 0.891. The predicted octanol–water partition coefficient (Wildman–Crippen LogP) is 2.54. The number of ether oxygens (including phenoxy) is 2. The number of nitrogens with one attached hydrogen (secondary N) is 3. The Kier molecular flexibility index (Phi) is 8.53. The van der Waals surface area contributed by atoms with Crippen LogP contribution in [-0.4, -0.2) is 48.7 Å². The highest BCUT2D eigenvalue weighted by molar-refractivity contribution is 7.11. The zero-order valence-electron chi connectivity index (χ0n) is 18.4. The van der Waals surface area contributed by atoms with Gasteiger partial charge in [0.05, 0.1) is 12.7 Å². The third-order valence-electron chi connectivity index (χ3n) is 5.13. The van der Waals surface area contributed by atoms with Gasteiger partial charge in [-0.05, 0) is 36.4 Å². The first-order valence-electron chi connectivity index (χ1n) is 10.5. The summed E-state index contributed by atoms with van der Waals surface area (Å²) in [5.74, 6) is -2.88. The molecule has 2 heterocycles. The van der Waals surface area contributed by atoms with Crippen molar-refractivity contribution >= 4 is 28.5 Å². The quantitative estimate of drug-likeness (QED) is 0.434. The fourth-order valence-electron chi connectivity index (χ4n) is 3.34. The zero-order chi connectivity index (χ0) is 24.0. The number of anilines is 1. The largest absolute Gasteiger partial charge is 0.471 e. The molecule has 1 aromatic carbocycles. The Labute approximate surface area is 194 Å². The summed E-state index contributed by atoms with van der Waals surface area (Å²) >= 11 is 0.797. The molecule has 1 fully saturated rings. The van der Waals surface area contributed by atoms with E-state index in [0.717, 1.165) is 31.0 Å². The van der Waals surface area contributed by atoms with E-state index in [1.807, 2.05) is 6.92 Å². The van der Waals surface area contributed by atoms with E-state index in [1.165, 1.54) is 19.1 Å². The summed E-state index contributed by atoms with van der Waals surface area (Å²) in [5, 5.41) is 8.64. The average Bonchev–Trinajstić information content (AvgIpc) is 3.19. The van der Waals surface area contributed by atoms with Crippen LogP contribution in [0.25, 0.3) is 0 Å². The van der Waals surface area contributed by atoms with E-state index in [-0.39, 0.29) is 46.2 Å². The van der Waals surface area contributed by atoms with Crippen LogP contribution in [0.1, 0.15) is 34.8 Å². The molecule has 5 N–H and O–H groups in total. The number of halogens is 2. The minimum absolute atomic E-state index is 0.0418. The van der Waals surface area contributed by atoms with Gasteiger partial charge in [-0.3, -0.25) is 10.1 Å². The molecule has 12 heteroatoms. The maximum atomic E-state index is 14.1. The van der Waals surface area contributed by atoms with Gasteiger partial charge in [-0.1, -0.05) is 19.1 Å². The number of aryl methyl sites for hydroxylation is 1. The summed E-state index contributed by atoms with van der Waals surface area (Å²) in [6, 6.07) is 2.27. The van der Waals surface area contributed by atoms with Gasteiger partial charge in [-0.25, -0.2) is 13.6 Å². The van der Waals surface area contributed by atoms with Gasteiger partial charge in [0.25, 0.3) is 5.91 Å². The smallest absolute Gasteiger partial charge is 0.319 e. The van der Waals surface area contributed by atoms with E-state index < -0.39 is 23.6 Å². The van der Waals surface area contributed by atoms with Gasteiger partial charge >= 0.3 is 6.03 Å². The number of rotatable bonds is 9. The number of hydrogen-bond donors (Lipinski definition) is 4. The van der Waals surface area contributed by atoms with Gasteiger partial charge in [-0.15, -0.1) is 0 Å².